The van der Waals surface area contributed by atoms with Crippen LogP contribution in [0.3, 0.4) is 0 Å². The number of hydrogen-bond acceptors (Lipinski definition) is 4. The molecule has 32 heavy (non-hydrogen) atoms. The van der Waals surface area contributed by atoms with Crippen LogP contribution in [0.1, 0.15) is 22.4 Å². The van der Waals surface area contributed by atoms with Crippen molar-refractivity contribution >= 4 is 35.3 Å². The molecule has 0 spiro atoms. The summed E-state index contributed by atoms with van der Waals surface area (Å²) >= 11 is 5.93. The largest absolute Gasteiger partial charge is 0.503 e. The Kier molecular flexibility index (Phi) is 7.05. The summed E-state index contributed by atoms with van der Waals surface area (Å²) in [4.78, 5) is 12.1. The average molecular weight is 463 g/mol. The van der Waals surface area contributed by atoms with Gasteiger partial charge in [0.25, 0.3) is 0 Å². The fourth-order valence-electron chi connectivity index (χ4n) is 3.09. The van der Waals surface area contributed by atoms with Gasteiger partial charge < -0.3 is 9.47 Å². The lowest BCUT2D eigenvalue weighted by atomic mass is 9.99. The molecule has 0 fully saturated rings. The molecule has 0 N–H and O–H groups in total. The van der Waals surface area contributed by atoms with Gasteiger partial charge in [0.2, 0.25) is 0 Å². The van der Waals surface area contributed by atoms with Crippen LogP contribution in [0.15, 0.2) is 61.0 Å². The molecule has 2 aromatic carbocycles. The van der Waals surface area contributed by atoms with Crippen molar-refractivity contribution in [3.05, 3.63) is 88.4 Å². The van der Waals surface area contributed by atoms with Crippen LogP contribution in [-0.2, 0) is 20.4 Å². The van der Waals surface area contributed by atoms with Crippen LogP contribution >= 0.6 is 11.6 Å². The summed E-state index contributed by atoms with van der Waals surface area (Å²) in [5.41, 5.74) is 0.136. The van der Waals surface area contributed by atoms with Crippen LogP contribution in [0.25, 0.3) is 23.4 Å². The second-order valence-electron chi connectivity index (χ2n) is 6.52. The molecule has 0 unspecified atom stereocenters. The SMILES string of the molecule is COC=C(C(=O)OC)c1ccccc1C=Cc1cnn(-c2cccc(Cl)c2)c1C(F)(F)F. The number of hydrogen-bond donors (Lipinski definition) is 0. The molecular formula is C23H18ClF3N2O3. The Morgan fingerprint density at radius 1 is 1.06 bits per heavy atom. The molecule has 0 saturated carbocycles. The van der Waals surface area contributed by atoms with Crippen molar-refractivity contribution in [2.75, 3.05) is 14.2 Å². The zero-order chi connectivity index (χ0) is 23.3. The van der Waals surface area contributed by atoms with E-state index in [0.717, 1.165) is 10.9 Å². The lowest BCUT2D eigenvalue weighted by Gasteiger charge is -2.12. The number of methoxy groups -OCH3 is 2. The number of esters is 1. The van der Waals surface area contributed by atoms with Crippen molar-refractivity contribution in [2.24, 2.45) is 0 Å². The average Bonchev–Trinajstić information content (AvgIpc) is 3.20. The summed E-state index contributed by atoms with van der Waals surface area (Å²) in [6.07, 6.45) is 0.421. The van der Waals surface area contributed by atoms with E-state index in [4.69, 9.17) is 21.1 Å². The summed E-state index contributed by atoms with van der Waals surface area (Å²) in [6, 6.07) is 12.7. The molecule has 0 aliphatic carbocycles. The van der Waals surface area contributed by atoms with E-state index in [0.29, 0.717) is 11.1 Å². The Hall–Kier alpha value is -3.52. The molecule has 1 heterocycles. The van der Waals surface area contributed by atoms with E-state index < -0.39 is 17.8 Å². The normalized spacial score (nSPS) is 12.2. The zero-order valence-corrected chi connectivity index (χ0v) is 17.8. The summed E-state index contributed by atoms with van der Waals surface area (Å²) in [7, 11) is 2.60. The molecule has 3 aromatic rings. The molecule has 0 atom stereocenters. The summed E-state index contributed by atoms with van der Waals surface area (Å²) in [6.45, 7) is 0. The highest BCUT2D eigenvalue weighted by atomic mass is 35.5. The van der Waals surface area contributed by atoms with Gasteiger partial charge in [0, 0.05) is 10.6 Å². The molecule has 1 aromatic heterocycles. The third-order valence-electron chi connectivity index (χ3n) is 4.45. The number of rotatable bonds is 6. The first-order chi connectivity index (χ1) is 15.3. The number of nitrogens with zero attached hydrogens (tertiary/aromatic N) is 2. The van der Waals surface area contributed by atoms with Crippen molar-refractivity contribution in [1.29, 1.82) is 0 Å². The highest BCUT2D eigenvalue weighted by Gasteiger charge is 2.38. The van der Waals surface area contributed by atoms with Crippen LogP contribution in [0.2, 0.25) is 5.02 Å². The minimum atomic E-state index is -4.68. The summed E-state index contributed by atoms with van der Waals surface area (Å²) < 4.78 is 52.2. The third kappa shape index (κ3) is 5.03. The van der Waals surface area contributed by atoms with E-state index in [-0.39, 0.29) is 21.8 Å². The van der Waals surface area contributed by atoms with E-state index in [1.54, 1.807) is 36.4 Å². The Morgan fingerprint density at radius 3 is 2.44 bits per heavy atom. The van der Waals surface area contributed by atoms with E-state index in [1.165, 1.54) is 44.8 Å². The Labute approximate surface area is 187 Å². The van der Waals surface area contributed by atoms with Crippen LogP contribution in [0.4, 0.5) is 13.2 Å². The molecule has 0 amide bonds. The number of ether oxygens (including phenoxy) is 2. The monoisotopic (exact) mass is 462 g/mol. The zero-order valence-electron chi connectivity index (χ0n) is 17.1. The van der Waals surface area contributed by atoms with Crippen LogP contribution in [0, 0.1) is 0 Å². The number of alkyl halides is 3. The van der Waals surface area contributed by atoms with Gasteiger partial charge in [0.1, 0.15) is 5.57 Å². The number of carbonyl (C=O) groups is 1. The lowest BCUT2D eigenvalue weighted by Crippen LogP contribution is -2.14. The molecular weight excluding hydrogens is 445 g/mol. The van der Waals surface area contributed by atoms with Gasteiger partial charge in [-0.05, 0) is 29.3 Å². The van der Waals surface area contributed by atoms with Crippen LogP contribution < -0.4 is 0 Å². The van der Waals surface area contributed by atoms with Gasteiger partial charge in [0.05, 0.1) is 32.4 Å². The van der Waals surface area contributed by atoms with Gasteiger partial charge in [-0.1, -0.05) is 54.1 Å². The standard InChI is InChI=1S/C23H18ClF3N2O3/c1-31-14-20(22(30)32-2)19-9-4-3-6-15(19)10-11-16-13-28-29(21(16)23(25,26)27)18-8-5-7-17(24)12-18/h3-14H,1-2H3. The van der Waals surface area contributed by atoms with Crippen LogP contribution in [-0.4, -0.2) is 30.0 Å². The second-order valence-corrected chi connectivity index (χ2v) is 6.95. The minimum absolute atomic E-state index is 0.126. The van der Waals surface area contributed by atoms with Crippen molar-refractivity contribution in [3.8, 4) is 5.69 Å². The number of halogens is 4. The first-order valence-corrected chi connectivity index (χ1v) is 9.64. The molecule has 0 radical (unpaired) electrons. The maximum Gasteiger partial charge on any atom is 0.434 e. The van der Waals surface area contributed by atoms with Crippen molar-refractivity contribution < 1.29 is 27.4 Å². The van der Waals surface area contributed by atoms with E-state index in [1.807, 2.05) is 0 Å². The van der Waals surface area contributed by atoms with Gasteiger partial charge in [-0.25, -0.2) is 9.48 Å². The van der Waals surface area contributed by atoms with Gasteiger partial charge in [-0.2, -0.15) is 18.3 Å². The van der Waals surface area contributed by atoms with Gasteiger partial charge in [-0.15, -0.1) is 0 Å². The van der Waals surface area contributed by atoms with Gasteiger partial charge in [-0.3, -0.25) is 0 Å². The van der Waals surface area contributed by atoms with Crippen molar-refractivity contribution in [1.82, 2.24) is 9.78 Å². The molecule has 9 heteroatoms. The van der Waals surface area contributed by atoms with Crippen molar-refractivity contribution in [3.63, 3.8) is 0 Å². The number of carbonyl (C=O) groups excluding carboxylic acids is 1. The molecule has 5 nitrogen and oxygen atoms in total. The molecule has 3 rings (SSSR count). The van der Waals surface area contributed by atoms with Crippen molar-refractivity contribution in [2.45, 2.75) is 6.18 Å². The maximum atomic E-state index is 13.9. The third-order valence-corrected chi connectivity index (χ3v) is 4.69. The molecule has 0 bridgehead atoms. The maximum absolute atomic E-state index is 13.9. The smallest absolute Gasteiger partial charge is 0.434 e. The lowest BCUT2D eigenvalue weighted by molar-refractivity contribution is -0.143. The summed E-state index contributed by atoms with van der Waals surface area (Å²) in [5.74, 6) is -0.641. The van der Waals surface area contributed by atoms with Gasteiger partial charge >= 0.3 is 12.1 Å². The Bertz CT molecular complexity index is 1180. The van der Waals surface area contributed by atoms with E-state index in [9.17, 15) is 18.0 Å². The molecule has 0 aliphatic heterocycles. The second kappa shape index (κ2) is 9.74. The van der Waals surface area contributed by atoms with E-state index >= 15 is 0 Å². The number of benzene rings is 2. The first kappa shape index (κ1) is 23.1. The fraction of sp³-hybridized carbons (Fsp3) is 0.130. The highest BCUT2D eigenvalue weighted by Crippen LogP contribution is 2.35. The Morgan fingerprint density at radius 2 is 1.78 bits per heavy atom. The topological polar surface area (TPSA) is 53.4 Å². The number of aromatic nitrogens is 2. The first-order valence-electron chi connectivity index (χ1n) is 9.26. The minimum Gasteiger partial charge on any atom is -0.503 e. The quantitative estimate of drug-likeness (QED) is 0.261. The Balaban J connectivity index is 2.09. The van der Waals surface area contributed by atoms with E-state index in [2.05, 4.69) is 5.10 Å². The predicted molar refractivity (Wildman–Crippen MR) is 116 cm³/mol. The fourth-order valence-corrected chi connectivity index (χ4v) is 3.27. The summed E-state index contributed by atoms with van der Waals surface area (Å²) in [5, 5.41) is 4.21. The van der Waals surface area contributed by atoms with Gasteiger partial charge in [0.15, 0.2) is 5.69 Å². The van der Waals surface area contributed by atoms with Crippen LogP contribution in [0.5, 0.6) is 0 Å². The molecule has 166 valence electrons. The highest BCUT2D eigenvalue weighted by molar-refractivity contribution is 6.30. The predicted octanol–water partition coefficient (Wildman–Crippen LogP) is 5.88. The molecule has 0 saturated heterocycles. The molecule has 0 aliphatic rings.